The second-order valence-corrected chi connectivity index (χ2v) is 16.2. The molecule has 0 aliphatic carbocycles. The first kappa shape index (κ1) is 41.7. The molecular formula is C51H23B10N5. The largest absolute Gasteiger partial charge is 0.309 e. The molecule has 0 spiro atoms. The van der Waals surface area contributed by atoms with Crippen LogP contribution in [-0.4, -0.2) is 103 Å². The van der Waals surface area contributed by atoms with Crippen LogP contribution in [0.25, 0.3) is 100 Å². The summed E-state index contributed by atoms with van der Waals surface area (Å²) in [5.74, 6) is 0.179. The van der Waals surface area contributed by atoms with Gasteiger partial charge in [0.1, 0.15) is 78.5 Å². The minimum atomic E-state index is 0.00830. The van der Waals surface area contributed by atoms with Crippen LogP contribution in [0.5, 0.6) is 0 Å². The van der Waals surface area contributed by atoms with E-state index in [0.717, 1.165) is 71.6 Å². The third-order valence-corrected chi connectivity index (χ3v) is 12.5. The normalized spacial score (nSPS) is 11.6. The Kier molecular flexibility index (Phi) is 10.0. The maximum Gasteiger partial charge on any atom is 0.238 e. The zero-order valence-electron chi connectivity index (χ0n) is 35.3. The highest BCUT2D eigenvalue weighted by Crippen LogP contribution is 2.42. The lowest BCUT2D eigenvalue weighted by molar-refractivity contribution is 0.956. The predicted molar refractivity (Wildman–Crippen MR) is 284 cm³/mol. The number of aromatic nitrogens is 5. The van der Waals surface area contributed by atoms with Gasteiger partial charge in [-0.05, 0) is 64.7 Å². The Labute approximate surface area is 395 Å². The average Bonchev–Trinajstić information content (AvgIpc) is 3.87. The maximum absolute atomic E-state index is 6.63. The van der Waals surface area contributed by atoms with Crippen LogP contribution in [0.15, 0.2) is 140 Å². The molecule has 3 heterocycles. The molecule has 0 fully saturated rings. The van der Waals surface area contributed by atoms with Crippen molar-refractivity contribution in [3.05, 3.63) is 140 Å². The highest BCUT2D eigenvalue weighted by molar-refractivity contribution is 6.70. The van der Waals surface area contributed by atoms with Crippen molar-refractivity contribution < 1.29 is 0 Å². The zero-order valence-corrected chi connectivity index (χ0v) is 35.3. The van der Waals surface area contributed by atoms with Gasteiger partial charge < -0.3 is 4.57 Å². The van der Waals surface area contributed by atoms with E-state index in [1.165, 1.54) is 0 Å². The average molecular weight is 814 g/mol. The molecule has 0 aliphatic heterocycles. The van der Waals surface area contributed by atoms with Crippen LogP contribution < -0.4 is 54.6 Å². The topological polar surface area (TPSA) is 48.5 Å². The van der Waals surface area contributed by atoms with Crippen LogP contribution in [0, 0.1) is 0 Å². The molecule has 11 rings (SSSR count). The fourth-order valence-corrected chi connectivity index (χ4v) is 9.21. The van der Waals surface area contributed by atoms with Gasteiger partial charge in [0, 0.05) is 38.4 Å². The van der Waals surface area contributed by atoms with Gasteiger partial charge >= 0.3 is 0 Å². The lowest BCUT2D eigenvalue weighted by atomic mass is 9.60. The first-order valence-electron chi connectivity index (χ1n) is 20.9. The molecule has 0 atom stereocenters. The van der Waals surface area contributed by atoms with Gasteiger partial charge in [-0.2, -0.15) is 9.97 Å². The summed E-state index contributed by atoms with van der Waals surface area (Å²) in [5.41, 5.74) is 9.60. The van der Waals surface area contributed by atoms with Crippen molar-refractivity contribution in [2.24, 2.45) is 0 Å². The van der Waals surface area contributed by atoms with Crippen LogP contribution in [-0.2, 0) is 0 Å². The Bertz CT molecular complexity index is 3700. The highest BCUT2D eigenvalue weighted by Gasteiger charge is 2.25. The number of benzene rings is 8. The lowest BCUT2D eigenvalue weighted by Gasteiger charge is -2.23. The van der Waals surface area contributed by atoms with Gasteiger partial charge in [0.05, 0.1) is 22.1 Å². The first-order chi connectivity index (χ1) is 31.9. The fourth-order valence-electron chi connectivity index (χ4n) is 9.21. The summed E-state index contributed by atoms with van der Waals surface area (Å²) >= 11 is 0. The second kappa shape index (κ2) is 15.9. The van der Waals surface area contributed by atoms with E-state index in [4.69, 9.17) is 93.4 Å². The standard InChI is InChI=1S/C51H23B10N5/c52-39-37(40(53)44(57)47(60)43(39)56)49-62-50(38-41(54)45(58)48(61)46(59)42(38)55)64-51(63-49)66-32-19-7-5-17-30(32)36-34(66)21-20-33-35(36)29-16-4-6-18-31(29)65(33)28-15-9-14-27(23-28)26-13-8-12-25(22-26)24-10-2-1-3-11-24/h1-23H. The van der Waals surface area contributed by atoms with Gasteiger partial charge in [0.25, 0.3) is 0 Å². The van der Waals surface area contributed by atoms with Crippen molar-refractivity contribution in [3.8, 4) is 56.7 Å². The summed E-state index contributed by atoms with van der Waals surface area (Å²) < 4.78 is 4.25. The summed E-state index contributed by atoms with van der Waals surface area (Å²) in [6, 6.07) is 48.3. The minimum absolute atomic E-state index is 0.00830. The Morgan fingerprint density at radius 1 is 0.303 bits per heavy atom. The molecule has 0 bridgehead atoms. The summed E-state index contributed by atoms with van der Waals surface area (Å²) in [6.45, 7) is 0. The number of hydrogen-bond donors (Lipinski definition) is 0. The Hall–Kier alpha value is -6.98. The van der Waals surface area contributed by atoms with Gasteiger partial charge in [-0.25, -0.2) is 4.98 Å². The van der Waals surface area contributed by atoms with Crippen LogP contribution in [0.2, 0.25) is 0 Å². The molecule has 0 aliphatic rings. The van der Waals surface area contributed by atoms with Crippen LogP contribution in [0.3, 0.4) is 0 Å². The van der Waals surface area contributed by atoms with Crippen LogP contribution in [0.4, 0.5) is 0 Å². The Morgan fingerprint density at radius 2 is 0.697 bits per heavy atom. The van der Waals surface area contributed by atoms with Crippen LogP contribution in [0.1, 0.15) is 0 Å². The molecular weight excluding hydrogens is 791 g/mol. The van der Waals surface area contributed by atoms with E-state index in [-0.39, 0.29) is 83.4 Å². The van der Waals surface area contributed by atoms with Crippen molar-refractivity contribution in [2.75, 3.05) is 0 Å². The second-order valence-electron chi connectivity index (χ2n) is 16.2. The molecule has 0 saturated carbocycles. The van der Waals surface area contributed by atoms with Crippen molar-refractivity contribution in [3.63, 3.8) is 0 Å². The molecule has 282 valence electrons. The third-order valence-electron chi connectivity index (χ3n) is 12.5. The Morgan fingerprint density at radius 3 is 1.23 bits per heavy atom. The van der Waals surface area contributed by atoms with Gasteiger partial charge in [0.2, 0.25) is 5.95 Å². The van der Waals surface area contributed by atoms with Gasteiger partial charge in [-0.3, -0.25) is 4.57 Å². The van der Waals surface area contributed by atoms with E-state index < -0.39 is 0 Å². The van der Waals surface area contributed by atoms with E-state index in [9.17, 15) is 0 Å². The molecule has 0 unspecified atom stereocenters. The summed E-state index contributed by atoms with van der Waals surface area (Å²) in [4.78, 5) is 14.9. The predicted octanol–water partition coefficient (Wildman–Crippen LogP) is 0.672. The number of rotatable bonds is 6. The Balaban J connectivity index is 1.19. The summed E-state index contributed by atoms with van der Waals surface area (Å²) in [5, 5.41) is 3.99. The SMILES string of the molecule is [B]c1c([B])c([B])c(-c2nc(-c3c([B])c([B])c([B])c([B])c3[B])nc(-n3c4ccccc4c4c5c6ccccc6n(-c6cccc(-c7cccc(-c8ccccc8)c7)c6)c5ccc43)n2)c([B])c1[B]. The molecule has 66 heavy (non-hydrogen) atoms. The molecule has 15 heteroatoms. The summed E-state index contributed by atoms with van der Waals surface area (Å²) in [6.07, 6.45) is 0. The highest BCUT2D eigenvalue weighted by atomic mass is 15.2. The fraction of sp³-hybridized carbons (Fsp3) is 0. The molecule has 0 saturated heterocycles. The molecule has 8 aromatic carbocycles. The van der Waals surface area contributed by atoms with Crippen molar-refractivity contribution >= 4 is 177 Å². The van der Waals surface area contributed by atoms with E-state index in [1.807, 2.05) is 28.8 Å². The smallest absolute Gasteiger partial charge is 0.238 e. The number of nitrogens with zero attached hydrogens (tertiary/aromatic N) is 5. The van der Waals surface area contributed by atoms with Gasteiger partial charge in [0.15, 0.2) is 11.6 Å². The first-order valence-corrected chi connectivity index (χ1v) is 20.9. The zero-order chi connectivity index (χ0) is 45.7. The molecule has 5 nitrogen and oxygen atoms in total. The van der Waals surface area contributed by atoms with Crippen molar-refractivity contribution in [1.29, 1.82) is 0 Å². The van der Waals surface area contributed by atoms with Gasteiger partial charge in [-0.1, -0.05) is 119 Å². The van der Waals surface area contributed by atoms with Gasteiger partial charge in [-0.15, -0.1) is 32.8 Å². The van der Waals surface area contributed by atoms with E-state index >= 15 is 0 Å². The maximum atomic E-state index is 6.63. The van der Waals surface area contributed by atoms with E-state index in [0.29, 0.717) is 0 Å². The van der Waals surface area contributed by atoms with E-state index in [1.54, 1.807) is 0 Å². The lowest BCUT2D eigenvalue weighted by Crippen LogP contribution is -2.55. The molecule has 11 aromatic rings. The molecule has 20 radical (unpaired) electrons. The molecule has 0 N–H and O–H groups in total. The number of para-hydroxylation sites is 2. The number of fused-ring (bicyclic) bond motifs is 7. The quantitative estimate of drug-likeness (QED) is 0.233. The van der Waals surface area contributed by atoms with E-state index in [2.05, 4.69) is 120 Å². The van der Waals surface area contributed by atoms with Crippen molar-refractivity contribution in [2.45, 2.75) is 0 Å². The third kappa shape index (κ3) is 6.34. The van der Waals surface area contributed by atoms with Crippen molar-refractivity contribution in [1.82, 2.24) is 24.1 Å². The molecule has 3 aromatic heterocycles. The summed E-state index contributed by atoms with van der Waals surface area (Å²) in [7, 11) is 64.5. The van der Waals surface area contributed by atoms with Crippen LogP contribution >= 0.6 is 0 Å². The monoisotopic (exact) mass is 815 g/mol. The molecule has 0 amide bonds. The number of hydrogen-bond acceptors (Lipinski definition) is 3. The minimum Gasteiger partial charge on any atom is -0.309 e.